The lowest BCUT2D eigenvalue weighted by Gasteiger charge is -2.41. The van der Waals surface area contributed by atoms with E-state index in [0.29, 0.717) is 124 Å². The fourth-order valence-corrected chi connectivity index (χ4v) is 13.7. The fourth-order valence-electron chi connectivity index (χ4n) is 13.4. The molecule has 6 heterocycles. The first-order valence-electron chi connectivity index (χ1n) is 32.3. The van der Waals surface area contributed by atoms with Crippen molar-refractivity contribution >= 4 is 95.0 Å². The fraction of sp³-hybridized carbons (Fsp3) is 0.486. The number of aromatic nitrogens is 4. The van der Waals surface area contributed by atoms with Gasteiger partial charge in [-0.05, 0) is 125 Å². The Morgan fingerprint density at radius 3 is 1.53 bits per heavy atom. The van der Waals surface area contributed by atoms with E-state index in [-0.39, 0.29) is 88.3 Å². The normalized spacial score (nSPS) is 17.7. The van der Waals surface area contributed by atoms with Crippen LogP contribution >= 0.6 is 38.6 Å². The zero-order chi connectivity index (χ0) is 66.5. The number of amides is 2. The summed E-state index contributed by atoms with van der Waals surface area (Å²) >= 11 is 6.63. The largest absolute Gasteiger partial charge is 0.462 e. The monoisotopic (exact) mass is 1380 g/mol. The zero-order valence-electron chi connectivity index (χ0n) is 54.8. The van der Waals surface area contributed by atoms with Crippen LogP contribution in [0, 0.1) is 31.9 Å². The first kappa shape index (κ1) is 72.6. The van der Waals surface area contributed by atoms with Crippen molar-refractivity contribution < 1.29 is 41.0 Å². The van der Waals surface area contributed by atoms with Crippen LogP contribution in [0.25, 0.3) is 31.2 Å². The molecule has 18 nitrogen and oxygen atoms in total. The molecule has 2 saturated carbocycles. The van der Waals surface area contributed by atoms with E-state index in [2.05, 4.69) is 56.5 Å². The van der Waals surface area contributed by atoms with Crippen LogP contribution in [0.5, 0.6) is 12.0 Å². The summed E-state index contributed by atoms with van der Waals surface area (Å²) in [6.07, 6.45) is 0.972. The van der Waals surface area contributed by atoms with Crippen LogP contribution in [0.3, 0.4) is 0 Å². The van der Waals surface area contributed by atoms with Crippen LogP contribution in [0.15, 0.2) is 85.2 Å². The summed E-state index contributed by atoms with van der Waals surface area (Å²) in [6, 6.07) is 16.9. The highest BCUT2D eigenvalue weighted by Gasteiger charge is 2.39. The Morgan fingerprint density at radius 1 is 0.646 bits per heavy atom. The number of halogens is 6. The van der Waals surface area contributed by atoms with Gasteiger partial charge in [0.15, 0.2) is 5.83 Å². The van der Waals surface area contributed by atoms with Gasteiger partial charge in [0, 0.05) is 129 Å². The highest BCUT2D eigenvalue weighted by atomic mass is 35.5. The third-order valence-corrected chi connectivity index (χ3v) is 18.9. The molecule has 0 radical (unpaired) electrons. The average Bonchev–Trinajstić information content (AvgIpc) is 1.27. The van der Waals surface area contributed by atoms with E-state index >= 15 is 0 Å². The van der Waals surface area contributed by atoms with Crippen LogP contribution in [0.1, 0.15) is 84.7 Å². The van der Waals surface area contributed by atoms with Gasteiger partial charge in [0.1, 0.15) is 36.9 Å². The Morgan fingerprint density at radius 2 is 1.09 bits per heavy atom. The quantitative estimate of drug-likeness (QED) is 0.0362. The second kappa shape index (κ2) is 32.1. The van der Waals surface area contributed by atoms with Crippen molar-refractivity contribution in [3.05, 3.63) is 152 Å². The first-order valence-corrected chi connectivity index (χ1v) is 32.6. The van der Waals surface area contributed by atoms with Gasteiger partial charge in [0.05, 0.1) is 29.5 Å². The maximum absolute atomic E-state index is 14.0. The van der Waals surface area contributed by atoms with Crippen LogP contribution in [0.2, 0.25) is 5.02 Å². The molecule has 512 valence electrons. The lowest BCUT2D eigenvalue weighted by molar-refractivity contribution is -0.131. The number of fused-ring (bicyclic) bond motifs is 4. The number of hydrogen-bond donors (Lipinski definition) is 0. The highest BCUT2D eigenvalue weighted by molar-refractivity contribution is 7.59. The van der Waals surface area contributed by atoms with Crippen molar-refractivity contribution in [1.29, 1.82) is 0 Å². The number of piperazine rings is 2. The summed E-state index contributed by atoms with van der Waals surface area (Å²) in [6.45, 7) is 34.3. The number of benzene rings is 4. The predicted molar refractivity (Wildman–Crippen MR) is 377 cm³/mol. The molecule has 96 heavy (non-hydrogen) atoms. The minimum Gasteiger partial charge on any atom is -0.462 e. The van der Waals surface area contributed by atoms with Crippen molar-refractivity contribution in [3.8, 4) is 12.0 Å². The molecule has 2 saturated heterocycles. The summed E-state index contributed by atoms with van der Waals surface area (Å²) in [7, 11) is 4.16. The molecule has 0 unspecified atom stereocenters. The van der Waals surface area contributed by atoms with Crippen molar-refractivity contribution in [1.82, 2.24) is 39.5 Å². The highest BCUT2D eigenvalue weighted by Crippen LogP contribution is 2.42. The van der Waals surface area contributed by atoms with Crippen molar-refractivity contribution in [3.63, 3.8) is 0 Å². The molecule has 0 bridgehead atoms. The lowest BCUT2D eigenvalue weighted by atomic mass is 9.97. The molecule has 4 aliphatic heterocycles. The zero-order valence-corrected chi connectivity index (χ0v) is 57.5. The number of aryl methyl sites for hydroxylation is 1. The molecule has 6 aromatic rings. The van der Waals surface area contributed by atoms with Crippen LogP contribution in [-0.2, 0) is 35.5 Å². The third kappa shape index (κ3) is 17.0. The Labute approximate surface area is 577 Å². The van der Waals surface area contributed by atoms with Gasteiger partial charge in [-0.1, -0.05) is 55.1 Å². The van der Waals surface area contributed by atoms with Gasteiger partial charge in [-0.3, -0.25) is 9.59 Å². The number of carbonyl (C=O) groups is 2. The van der Waals surface area contributed by atoms with E-state index in [4.69, 9.17) is 54.2 Å². The summed E-state index contributed by atoms with van der Waals surface area (Å²) in [5.74, 6) is 0.923. The van der Waals surface area contributed by atoms with Crippen molar-refractivity contribution in [2.24, 2.45) is 11.8 Å². The van der Waals surface area contributed by atoms with Gasteiger partial charge < -0.3 is 58.4 Å². The van der Waals surface area contributed by atoms with Gasteiger partial charge >= 0.3 is 12.0 Å². The maximum Gasteiger partial charge on any atom is 0.318 e. The van der Waals surface area contributed by atoms with Crippen LogP contribution in [-0.4, -0.2) is 182 Å². The second-order valence-corrected chi connectivity index (χ2v) is 26.1. The molecule has 4 aromatic carbocycles. The molecule has 4 fully saturated rings. The SMILES string of the molecule is S.S.[C-]#[N+]C[C@H]1CN(c2nc(OCCN(C)CC3CC3)nc3c2CCN(c2cc(C(F)F)cc4cccc(C)c24)C3)CCN1C(=O)C(=C)C.[C-]#[N+]C[C@H]1CN(c2nc(OCCN(C)CC3CC3)nc3c2CCN(c2cc(C(F)F)cc4cccc(Cl)c24)C3)CCN1C(=O)C(=C)F. The minimum atomic E-state index is -2.65. The van der Waals surface area contributed by atoms with Crippen LogP contribution < -0.4 is 29.1 Å². The second-order valence-electron chi connectivity index (χ2n) is 25.7. The number of anilines is 4. The molecule has 6 aliphatic rings. The van der Waals surface area contributed by atoms with E-state index in [9.17, 15) is 31.5 Å². The van der Waals surface area contributed by atoms with E-state index in [1.807, 2.05) is 34.9 Å². The Bertz CT molecular complexity index is 3680. The standard InChI is InChI=1S/C36H43F2N7O2.C34H37ClF3N7O2.2H2S/c1-23(2)35(46)45-14-13-44(21-28(45)19-39-4)34-29-11-12-43(31-18-27(33(37)38)17-26-8-6-7-24(3)32(26)31)22-30(29)40-36(41-34)47-16-15-42(5)20-25-9-10-25;1-21(36)33(46)45-12-11-44(19-25(45)17-39-2)32-26-9-10-43(29-16-24(31(37)38)15-23-5-4-6-27(35)30(23)29)20-28(26)40-34(41-32)47-14-13-42(3)18-22-7-8-22;;/h6-8,17-18,25,28,33H,1,9-16,19-22H2,2-3,5H3;4-6,15-16,22,25,31H,1,7-14,17-20H2,3H3;2*1H2/t28-;25-;;/m00../s1. The van der Waals surface area contributed by atoms with E-state index in [1.54, 1.807) is 42.2 Å². The smallest absolute Gasteiger partial charge is 0.318 e. The molecule has 26 heteroatoms. The molecule has 2 aliphatic carbocycles. The number of nitrogens with zero attached hydrogens (tertiary/aromatic N) is 14. The Kier molecular flexibility index (Phi) is 24.3. The average molecular weight is 1380 g/mol. The summed E-state index contributed by atoms with van der Waals surface area (Å²) < 4.78 is 82.2. The summed E-state index contributed by atoms with van der Waals surface area (Å²) in [5.41, 5.74) is 6.15. The number of alkyl halides is 4. The third-order valence-electron chi connectivity index (χ3n) is 18.6. The Hall–Kier alpha value is -7.68. The number of ether oxygens (including phenoxy) is 2. The first-order chi connectivity index (χ1) is 45.2. The van der Waals surface area contributed by atoms with E-state index < -0.39 is 30.6 Å². The number of rotatable bonds is 22. The molecule has 2 atom stereocenters. The molecule has 2 amide bonds. The van der Waals surface area contributed by atoms with Crippen LogP contribution in [0.4, 0.5) is 45.0 Å². The summed E-state index contributed by atoms with van der Waals surface area (Å²) in [5, 5.41) is 3.56. The topological polar surface area (TPSA) is 139 Å². The van der Waals surface area contributed by atoms with Gasteiger partial charge in [0.25, 0.3) is 18.8 Å². The van der Waals surface area contributed by atoms with Gasteiger partial charge in [-0.15, -0.1) is 0 Å². The molecular formula is C70H84ClF5N14O4S2. The molecular weight excluding hydrogens is 1300 g/mol. The maximum atomic E-state index is 14.0. The van der Waals surface area contributed by atoms with E-state index in [1.165, 1.54) is 42.7 Å². The predicted octanol–water partition coefficient (Wildman–Crippen LogP) is 11.8. The van der Waals surface area contributed by atoms with Gasteiger partial charge in [-0.2, -0.15) is 46.9 Å². The number of likely N-dealkylation sites (N-methyl/N-ethyl adjacent to an activating group) is 2. The Balaban J connectivity index is 0.000000221. The number of hydrogen-bond acceptors (Lipinski definition) is 14. The van der Waals surface area contributed by atoms with E-state index in [0.717, 1.165) is 76.1 Å². The molecule has 0 spiro atoms. The van der Waals surface area contributed by atoms with Gasteiger partial charge in [0.2, 0.25) is 19.0 Å². The summed E-state index contributed by atoms with van der Waals surface area (Å²) in [4.78, 5) is 68.0. The van der Waals surface area contributed by atoms with Gasteiger partial charge in [-0.25, -0.2) is 35.1 Å². The molecule has 2 aromatic heterocycles. The molecule has 0 N–H and O–H groups in total. The van der Waals surface area contributed by atoms with Crippen molar-refractivity contribution in [2.45, 2.75) is 90.4 Å². The minimum absolute atomic E-state index is 0. The number of carbonyl (C=O) groups excluding carboxylic acids is 2. The lowest BCUT2D eigenvalue weighted by Crippen LogP contribution is -2.57. The van der Waals surface area contributed by atoms with Crippen molar-refractivity contribution in [2.75, 3.05) is 139 Å². The molecule has 12 rings (SSSR count).